The molecule has 0 atom stereocenters. The summed E-state index contributed by atoms with van der Waals surface area (Å²) in [4.78, 5) is 15.2. The van der Waals surface area contributed by atoms with Gasteiger partial charge in [-0.2, -0.15) is 0 Å². The molecule has 0 radical (unpaired) electrons. The minimum atomic E-state index is -0.381. The third-order valence-corrected chi connectivity index (χ3v) is 4.39. The molecule has 0 N–H and O–H groups in total. The SMILES string of the molecule is O=[N+]([O-])c1cccc2nc(C=Cc3ccc(-c4ccccc4)cc3)ccc12. The minimum absolute atomic E-state index is 0.0760. The fourth-order valence-corrected chi connectivity index (χ4v) is 3.01. The molecule has 0 saturated carbocycles. The number of hydrogen-bond acceptors (Lipinski definition) is 3. The van der Waals surface area contributed by atoms with Crippen LogP contribution >= 0.6 is 0 Å². The smallest absolute Gasteiger partial charge is 0.258 e. The number of benzene rings is 3. The molecule has 0 unspecified atom stereocenters. The Bertz CT molecular complexity index is 1130. The van der Waals surface area contributed by atoms with Crippen molar-refractivity contribution in [3.8, 4) is 11.1 Å². The van der Waals surface area contributed by atoms with E-state index >= 15 is 0 Å². The molecule has 4 rings (SSSR count). The summed E-state index contributed by atoms with van der Waals surface area (Å²) in [6.07, 6.45) is 3.90. The second-order valence-corrected chi connectivity index (χ2v) is 6.16. The van der Waals surface area contributed by atoms with Gasteiger partial charge in [0.05, 0.1) is 21.5 Å². The molecular weight excluding hydrogens is 336 g/mol. The highest BCUT2D eigenvalue weighted by Crippen LogP contribution is 2.25. The van der Waals surface area contributed by atoms with Crippen LogP contribution in [0.5, 0.6) is 0 Å². The van der Waals surface area contributed by atoms with E-state index in [9.17, 15) is 10.1 Å². The Labute approximate surface area is 156 Å². The van der Waals surface area contributed by atoms with Crippen molar-refractivity contribution in [2.75, 3.05) is 0 Å². The summed E-state index contributed by atoms with van der Waals surface area (Å²) < 4.78 is 0. The van der Waals surface area contributed by atoms with Gasteiger partial charge in [0.2, 0.25) is 0 Å². The molecular formula is C23H16N2O2. The fraction of sp³-hybridized carbons (Fsp3) is 0. The van der Waals surface area contributed by atoms with Crippen molar-refractivity contribution in [3.63, 3.8) is 0 Å². The summed E-state index contributed by atoms with van der Waals surface area (Å²) in [6, 6.07) is 27.0. The quantitative estimate of drug-likeness (QED) is 0.335. The second-order valence-electron chi connectivity index (χ2n) is 6.16. The molecule has 0 aliphatic rings. The second kappa shape index (κ2) is 7.22. The molecule has 1 aromatic heterocycles. The van der Waals surface area contributed by atoms with Crippen molar-refractivity contribution >= 4 is 28.7 Å². The molecule has 0 amide bonds. The summed E-state index contributed by atoms with van der Waals surface area (Å²) in [7, 11) is 0. The third-order valence-electron chi connectivity index (χ3n) is 4.39. The lowest BCUT2D eigenvalue weighted by molar-refractivity contribution is -0.383. The molecule has 130 valence electrons. The van der Waals surface area contributed by atoms with Gasteiger partial charge in [-0.05, 0) is 41.0 Å². The van der Waals surface area contributed by atoms with Crippen molar-refractivity contribution in [1.82, 2.24) is 4.98 Å². The molecule has 4 heteroatoms. The van der Waals surface area contributed by atoms with E-state index in [2.05, 4.69) is 41.4 Å². The lowest BCUT2D eigenvalue weighted by Gasteiger charge is -2.02. The van der Waals surface area contributed by atoms with Crippen molar-refractivity contribution in [3.05, 3.63) is 106 Å². The highest BCUT2D eigenvalue weighted by molar-refractivity contribution is 5.89. The van der Waals surface area contributed by atoms with Gasteiger partial charge in [0.15, 0.2) is 0 Å². The highest BCUT2D eigenvalue weighted by Gasteiger charge is 2.11. The molecule has 0 aliphatic heterocycles. The largest absolute Gasteiger partial charge is 0.278 e. The molecule has 4 nitrogen and oxygen atoms in total. The van der Waals surface area contributed by atoms with E-state index in [1.165, 1.54) is 17.2 Å². The molecule has 1 heterocycles. The first-order valence-electron chi connectivity index (χ1n) is 8.58. The first-order valence-corrected chi connectivity index (χ1v) is 8.58. The van der Waals surface area contributed by atoms with Crippen LogP contribution in [-0.2, 0) is 0 Å². The van der Waals surface area contributed by atoms with Crippen molar-refractivity contribution in [2.45, 2.75) is 0 Å². The van der Waals surface area contributed by atoms with Gasteiger partial charge in [-0.3, -0.25) is 10.1 Å². The van der Waals surface area contributed by atoms with Crippen LogP contribution in [0, 0.1) is 10.1 Å². The van der Waals surface area contributed by atoms with E-state index in [1.807, 2.05) is 30.4 Å². The van der Waals surface area contributed by atoms with Crippen LogP contribution in [0.2, 0.25) is 0 Å². The number of pyridine rings is 1. The van der Waals surface area contributed by atoms with E-state index in [1.54, 1.807) is 24.3 Å². The van der Waals surface area contributed by atoms with E-state index in [4.69, 9.17) is 0 Å². The van der Waals surface area contributed by atoms with Crippen LogP contribution in [-0.4, -0.2) is 9.91 Å². The van der Waals surface area contributed by atoms with E-state index in [-0.39, 0.29) is 10.6 Å². The molecule has 0 saturated heterocycles. The minimum Gasteiger partial charge on any atom is -0.258 e. The first kappa shape index (κ1) is 16.7. The molecule has 0 fully saturated rings. The summed E-state index contributed by atoms with van der Waals surface area (Å²) in [5.74, 6) is 0. The lowest BCUT2D eigenvalue weighted by atomic mass is 10.0. The molecule has 27 heavy (non-hydrogen) atoms. The number of rotatable bonds is 4. The number of hydrogen-bond donors (Lipinski definition) is 0. The fourth-order valence-electron chi connectivity index (χ4n) is 3.01. The Morgan fingerprint density at radius 1 is 0.741 bits per heavy atom. The molecule has 0 aliphatic carbocycles. The third kappa shape index (κ3) is 3.60. The molecule has 4 aromatic rings. The van der Waals surface area contributed by atoms with Crippen LogP contribution in [0.4, 0.5) is 5.69 Å². The highest BCUT2D eigenvalue weighted by atomic mass is 16.6. The Morgan fingerprint density at radius 2 is 1.48 bits per heavy atom. The van der Waals surface area contributed by atoms with Crippen LogP contribution in [0.15, 0.2) is 84.9 Å². The van der Waals surface area contributed by atoms with E-state index in [0.717, 1.165) is 11.3 Å². The predicted molar refractivity (Wildman–Crippen MR) is 109 cm³/mol. The van der Waals surface area contributed by atoms with Gasteiger partial charge in [0.25, 0.3) is 5.69 Å². The lowest BCUT2D eigenvalue weighted by Crippen LogP contribution is -1.91. The van der Waals surface area contributed by atoms with Crippen LogP contribution < -0.4 is 0 Å². The average molecular weight is 352 g/mol. The summed E-state index contributed by atoms with van der Waals surface area (Å²) in [5.41, 5.74) is 4.87. The maximum Gasteiger partial charge on any atom is 0.278 e. The normalized spacial score (nSPS) is 11.1. The average Bonchev–Trinajstić information content (AvgIpc) is 2.72. The van der Waals surface area contributed by atoms with Crippen LogP contribution in [0.1, 0.15) is 11.3 Å². The molecule has 0 spiro atoms. The molecule has 0 bridgehead atoms. The number of nitro benzene ring substituents is 1. The van der Waals surface area contributed by atoms with Gasteiger partial charge in [-0.25, -0.2) is 4.98 Å². The zero-order valence-electron chi connectivity index (χ0n) is 14.4. The summed E-state index contributed by atoms with van der Waals surface area (Å²) >= 11 is 0. The summed E-state index contributed by atoms with van der Waals surface area (Å²) in [5, 5.41) is 11.7. The summed E-state index contributed by atoms with van der Waals surface area (Å²) in [6.45, 7) is 0. The number of fused-ring (bicyclic) bond motifs is 1. The van der Waals surface area contributed by atoms with Gasteiger partial charge in [-0.15, -0.1) is 0 Å². The topological polar surface area (TPSA) is 56.0 Å². The number of aromatic nitrogens is 1. The van der Waals surface area contributed by atoms with Crippen molar-refractivity contribution in [1.29, 1.82) is 0 Å². The van der Waals surface area contributed by atoms with Gasteiger partial charge in [-0.1, -0.05) is 66.7 Å². The van der Waals surface area contributed by atoms with Crippen molar-refractivity contribution < 1.29 is 4.92 Å². The standard InChI is InChI=1S/C23H16N2O2/c26-25(27)23-8-4-7-22-21(23)16-15-20(24-22)14-11-17-9-12-19(13-10-17)18-5-2-1-3-6-18/h1-16H. The van der Waals surface area contributed by atoms with Crippen LogP contribution in [0.25, 0.3) is 34.2 Å². The number of nitro groups is 1. The Balaban J connectivity index is 1.58. The van der Waals surface area contributed by atoms with Crippen molar-refractivity contribution in [2.24, 2.45) is 0 Å². The first-order chi connectivity index (χ1) is 13.2. The van der Waals surface area contributed by atoms with Gasteiger partial charge in [0, 0.05) is 6.07 Å². The Hall–Kier alpha value is -3.79. The van der Waals surface area contributed by atoms with E-state index in [0.29, 0.717) is 10.9 Å². The maximum atomic E-state index is 11.1. The zero-order chi connectivity index (χ0) is 18.6. The predicted octanol–water partition coefficient (Wildman–Crippen LogP) is 5.98. The zero-order valence-corrected chi connectivity index (χ0v) is 14.4. The monoisotopic (exact) mass is 352 g/mol. The number of nitrogens with zero attached hydrogens (tertiary/aromatic N) is 2. The Morgan fingerprint density at radius 3 is 2.22 bits per heavy atom. The maximum absolute atomic E-state index is 11.1. The van der Waals surface area contributed by atoms with E-state index < -0.39 is 0 Å². The number of non-ortho nitro benzene ring substituents is 1. The van der Waals surface area contributed by atoms with Gasteiger partial charge in [0.1, 0.15) is 0 Å². The van der Waals surface area contributed by atoms with Gasteiger partial charge < -0.3 is 0 Å². The van der Waals surface area contributed by atoms with Gasteiger partial charge >= 0.3 is 0 Å². The van der Waals surface area contributed by atoms with Crippen LogP contribution in [0.3, 0.4) is 0 Å². The Kier molecular flexibility index (Phi) is 4.45. The molecule has 3 aromatic carbocycles.